The summed E-state index contributed by atoms with van der Waals surface area (Å²) in [6.07, 6.45) is 3.36. The number of piperazine rings is 1. The van der Waals surface area contributed by atoms with Gasteiger partial charge in [0.25, 0.3) is 0 Å². The van der Waals surface area contributed by atoms with Crippen LogP contribution >= 0.6 is 0 Å². The average Bonchev–Trinajstić information content (AvgIpc) is 2.77. The summed E-state index contributed by atoms with van der Waals surface area (Å²) in [5.41, 5.74) is 0. The Kier molecular flexibility index (Phi) is 6.61. The second kappa shape index (κ2) is 9.54. The maximum atomic E-state index is 12.3. The summed E-state index contributed by atoms with van der Waals surface area (Å²) in [7, 11) is 1.59. The number of aromatic nitrogens is 2. The lowest BCUT2D eigenvalue weighted by molar-refractivity contribution is -0.146. The van der Waals surface area contributed by atoms with Gasteiger partial charge in [0.2, 0.25) is 5.95 Å². The summed E-state index contributed by atoms with van der Waals surface area (Å²) in [5, 5.41) is 2.60. The summed E-state index contributed by atoms with van der Waals surface area (Å²) in [6.45, 7) is 2.59. The van der Waals surface area contributed by atoms with Crippen LogP contribution in [-0.4, -0.2) is 73.1 Å². The molecule has 0 spiro atoms. The predicted molar refractivity (Wildman–Crippen MR) is 102 cm³/mol. The molecule has 1 aromatic heterocycles. The van der Waals surface area contributed by atoms with Crippen LogP contribution in [0.25, 0.3) is 0 Å². The van der Waals surface area contributed by atoms with Gasteiger partial charge < -0.3 is 24.6 Å². The molecular weight excluding hydrogens is 362 g/mol. The van der Waals surface area contributed by atoms with Crippen LogP contribution in [-0.2, 0) is 9.59 Å². The van der Waals surface area contributed by atoms with Gasteiger partial charge in [-0.05, 0) is 30.3 Å². The van der Waals surface area contributed by atoms with Gasteiger partial charge in [-0.15, -0.1) is 0 Å². The maximum absolute atomic E-state index is 12.3. The van der Waals surface area contributed by atoms with Gasteiger partial charge in [-0.3, -0.25) is 9.59 Å². The maximum Gasteiger partial charge on any atom is 0.312 e. The molecule has 3 rings (SSSR count). The summed E-state index contributed by atoms with van der Waals surface area (Å²) >= 11 is 0. The van der Waals surface area contributed by atoms with Crippen LogP contribution in [0.4, 0.5) is 5.95 Å². The van der Waals surface area contributed by atoms with Crippen LogP contribution in [0, 0.1) is 0 Å². The molecule has 2 aromatic rings. The molecule has 148 valence electrons. The van der Waals surface area contributed by atoms with Crippen molar-refractivity contribution in [2.45, 2.75) is 0 Å². The van der Waals surface area contributed by atoms with Crippen molar-refractivity contribution in [3.63, 3.8) is 0 Å². The van der Waals surface area contributed by atoms with Crippen molar-refractivity contribution in [3.05, 3.63) is 42.7 Å². The van der Waals surface area contributed by atoms with E-state index >= 15 is 0 Å². The lowest BCUT2D eigenvalue weighted by Gasteiger charge is -2.34. The van der Waals surface area contributed by atoms with E-state index in [1.54, 1.807) is 54.7 Å². The Labute approximate surface area is 163 Å². The van der Waals surface area contributed by atoms with Crippen molar-refractivity contribution in [2.75, 3.05) is 51.3 Å². The summed E-state index contributed by atoms with van der Waals surface area (Å²) < 4.78 is 10.6. The Bertz CT molecular complexity index is 777. The number of ether oxygens (including phenoxy) is 2. The van der Waals surface area contributed by atoms with Crippen LogP contribution in [0.2, 0.25) is 0 Å². The van der Waals surface area contributed by atoms with Crippen molar-refractivity contribution in [1.82, 2.24) is 20.2 Å². The molecule has 2 heterocycles. The highest BCUT2D eigenvalue weighted by Crippen LogP contribution is 2.16. The lowest BCUT2D eigenvalue weighted by Crippen LogP contribution is -2.53. The second-order valence-electron chi connectivity index (χ2n) is 6.11. The quantitative estimate of drug-likeness (QED) is 0.565. The van der Waals surface area contributed by atoms with Crippen molar-refractivity contribution in [1.29, 1.82) is 0 Å². The standard InChI is InChI=1S/C19H23N5O4/c1-27-15-3-5-16(6-4-15)28-14-9-20-17(25)18(26)23-10-12-24(13-11-23)19-21-7-2-8-22-19/h2-8H,9-14H2,1H3,(H,20,25). The van der Waals surface area contributed by atoms with E-state index in [2.05, 4.69) is 15.3 Å². The first-order valence-corrected chi connectivity index (χ1v) is 9.03. The number of carbonyl (C=O) groups excluding carboxylic acids is 2. The molecule has 0 aliphatic carbocycles. The van der Waals surface area contributed by atoms with Crippen LogP contribution in [0.3, 0.4) is 0 Å². The first kappa shape index (κ1) is 19.4. The van der Waals surface area contributed by atoms with Crippen LogP contribution in [0.15, 0.2) is 42.7 Å². The number of nitrogens with one attached hydrogen (secondary N) is 1. The van der Waals surface area contributed by atoms with Crippen molar-refractivity contribution in [3.8, 4) is 11.5 Å². The number of hydrogen-bond donors (Lipinski definition) is 1. The minimum Gasteiger partial charge on any atom is -0.497 e. The molecule has 1 aliphatic heterocycles. The van der Waals surface area contributed by atoms with E-state index in [4.69, 9.17) is 9.47 Å². The second-order valence-corrected chi connectivity index (χ2v) is 6.11. The number of rotatable bonds is 6. The zero-order valence-electron chi connectivity index (χ0n) is 15.7. The van der Waals surface area contributed by atoms with Gasteiger partial charge in [0.15, 0.2) is 0 Å². The van der Waals surface area contributed by atoms with Gasteiger partial charge in [-0.1, -0.05) is 0 Å². The number of benzene rings is 1. The fraction of sp³-hybridized carbons (Fsp3) is 0.368. The van der Waals surface area contributed by atoms with E-state index in [-0.39, 0.29) is 13.2 Å². The molecule has 1 fully saturated rings. The number of methoxy groups -OCH3 is 1. The third-order valence-electron chi connectivity index (χ3n) is 4.31. The highest BCUT2D eigenvalue weighted by Gasteiger charge is 2.26. The van der Waals surface area contributed by atoms with Crippen LogP contribution in [0.1, 0.15) is 0 Å². The molecule has 0 atom stereocenters. The van der Waals surface area contributed by atoms with E-state index in [1.165, 1.54) is 0 Å². The highest BCUT2D eigenvalue weighted by molar-refractivity contribution is 6.35. The number of nitrogens with zero attached hydrogens (tertiary/aromatic N) is 4. The molecule has 9 nitrogen and oxygen atoms in total. The lowest BCUT2D eigenvalue weighted by atomic mass is 10.3. The molecule has 0 saturated carbocycles. The molecule has 28 heavy (non-hydrogen) atoms. The first-order chi connectivity index (χ1) is 13.7. The van der Waals surface area contributed by atoms with Gasteiger partial charge in [0.05, 0.1) is 13.7 Å². The smallest absolute Gasteiger partial charge is 0.312 e. The normalized spacial score (nSPS) is 13.8. The highest BCUT2D eigenvalue weighted by atomic mass is 16.5. The molecule has 2 amide bonds. The summed E-state index contributed by atoms with van der Waals surface area (Å²) in [6, 6.07) is 8.89. The molecule has 0 radical (unpaired) electrons. The minimum atomic E-state index is -0.622. The van der Waals surface area contributed by atoms with E-state index in [0.29, 0.717) is 37.9 Å². The van der Waals surface area contributed by atoms with Crippen molar-refractivity contribution < 1.29 is 19.1 Å². The minimum absolute atomic E-state index is 0.244. The Morgan fingerprint density at radius 2 is 1.68 bits per heavy atom. The number of amides is 2. The van der Waals surface area contributed by atoms with Gasteiger partial charge in [0, 0.05) is 38.6 Å². The predicted octanol–water partition coefficient (Wildman–Crippen LogP) is 0.329. The Morgan fingerprint density at radius 1 is 1.04 bits per heavy atom. The van der Waals surface area contributed by atoms with Crippen molar-refractivity contribution >= 4 is 17.8 Å². The van der Waals surface area contributed by atoms with E-state index in [1.807, 2.05) is 4.90 Å². The zero-order chi connectivity index (χ0) is 19.8. The summed E-state index contributed by atoms with van der Waals surface area (Å²) in [4.78, 5) is 36.3. The Hall–Kier alpha value is -3.36. The molecule has 1 N–H and O–H groups in total. The molecule has 9 heteroatoms. The average molecular weight is 385 g/mol. The number of anilines is 1. The number of carbonyl (C=O) groups is 2. The Morgan fingerprint density at radius 3 is 2.32 bits per heavy atom. The molecule has 1 aromatic carbocycles. The number of hydrogen-bond acceptors (Lipinski definition) is 7. The fourth-order valence-electron chi connectivity index (χ4n) is 2.79. The molecule has 1 saturated heterocycles. The van der Waals surface area contributed by atoms with E-state index < -0.39 is 11.8 Å². The molecule has 0 bridgehead atoms. The van der Waals surface area contributed by atoms with Crippen LogP contribution < -0.4 is 19.7 Å². The monoisotopic (exact) mass is 385 g/mol. The van der Waals surface area contributed by atoms with Gasteiger partial charge in [-0.2, -0.15) is 0 Å². The molecule has 1 aliphatic rings. The van der Waals surface area contributed by atoms with Crippen LogP contribution in [0.5, 0.6) is 11.5 Å². The first-order valence-electron chi connectivity index (χ1n) is 9.03. The van der Waals surface area contributed by atoms with Gasteiger partial charge >= 0.3 is 11.8 Å². The third kappa shape index (κ3) is 5.09. The molecule has 0 unspecified atom stereocenters. The molecular formula is C19H23N5O4. The Balaban J connectivity index is 1.37. The van der Waals surface area contributed by atoms with E-state index in [0.717, 1.165) is 5.75 Å². The summed E-state index contributed by atoms with van der Waals surface area (Å²) in [5.74, 6) is 0.890. The van der Waals surface area contributed by atoms with Gasteiger partial charge in [-0.25, -0.2) is 9.97 Å². The largest absolute Gasteiger partial charge is 0.497 e. The third-order valence-corrected chi connectivity index (χ3v) is 4.31. The van der Waals surface area contributed by atoms with Crippen molar-refractivity contribution in [2.24, 2.45) is 0 Å². The fourth-order valence-corrected chi connectivity index (χ4v) is 2.79. The van der Waals surface area contributed by atoms with Gasteiger partial charge in [0.1, 0.15) is 18.1 Å². The zero-order valence-corrected chi connectivity index (χ0v) is 15.7. The topological polar surface area (TPSA) is 96.9 Å². The SMILES string of the molecule is COc1ccc(OCCNC(=O)C(=O)N2CCN(c3ncccn3)CC2)cc1. The van der Waals surface area contributed by atoms with E-state index in [9.17, 15) is 9.59 Å².